The van der Waals surface area contributed by atoms with Crippen LogP contribution in [0.3, 0.4) is 0 Å². The van der Waals surface area contributed by atoms with Gasteiger partial charge in [0.1, 0.15) is 0 Å². The van der Waals surface area contributed by atoms with Crippen LogP contribution >= 0.6 is 0 Å². The average molecular weight is 431 g/mol. The van der Waals surface area contributed by atoms with E-state index >= 15 is 0 Å². The zero-order valence-electron chi connectivity index (χ0n) is 18.2. The zero-order chi connectivity index (χ0) is 23.1. The maximum atomic E-state index is 12.9. The lowest BCUT2D eigenvalue weighted by molar-refractivity contribution is 0.0693. The highest BCUT2D eigenvalue weighted by atomic mass is 16.2. The van der Waals surface area contributed by atoms with Crippen LogP contribution in [-0.4, -0.2) is 33.3 Å². The number of fused-ring (bicyclic) bond motifs is 4. The molecule has 0 radical (unpaired) electrons. The number of benzene rings is 3. The number of pyridine rings is 1. The van der Waals surface area contributed by atoms with Gasteiger partial charge in [0.05, 0.1) is 33.5 Å². The first-order valence-electron chi connectivity index (χ1n) is 10.6. The molecule has 0 aliphatic carbocycles. The summed E-state index contributed by atoms with van der Waals surface area (Å²) in [5.74, 6) is -0.535. The van der Waals surface area contributed by atoms with Crippen LogP contribution in [0.15, 0.2) is 98.2 Å². The van der Waals surface area contributed by atoms with Crippen LogP contribution in [0.5, 0.6) is 0 Å². The summed E-state index contributed by atoms with van der Waals surface area (Å²) in [4.78, 5) is 31.1. The van der Waals surface area contributed by atoms with E-state index in [0.29, 0.717) is 11.1 Å². The molecule has 160 valence electrons. The molecule has 2 amide bonds. The Balaban J connectivity index is 0.00000111. The molecule has 5 nitrogen and oxygen atoms in total. The lowest BCUT2D eigenvalue weighted by Gasteiger charge is -2.12. The van der Waals surface area contributed by atoms with E-state index in [4.69, 9.17) is 0 Å². The van der Waals surface area contributed by atoms with Gasteiger partial charge in [-0.1, -0.05) is 36.4 Å². The number of rotatable bonds is 2. The highest BCUT2D eigenvalue weighted by Crippen LogP contribution is 2.37. The molecule has 5 heteroatoms. The standard InChI is InChI=1S/C26H17N3O2.C2H4/c1-28-25(30)18-8-6-11-23(24(18)26(28)31)29-21-10-3-2-7-17(21)19-15-16(12-13-22(19)29)20-9-4-5-14-27-20;1-2/h2-15H,1H3;1-2H2. The topological polar surface area (TPSA) is 55.2 Å². The number of aromatic nitrogens is 2. The number of hydrogen-bond donors (Lipinski definition) is 0. The number of carbonyl (C=O) groups is 2. The van der Waals surface area contributed by atoms with Crippen LogP contribution in [0.25, 0.3) is 38.8 Å². The van der Waals surface area contributed by atoms with E-state index in [1.165, 1.54) is 11.9 Å². The van der Waals surface area contributed by atoms with Gasteiger partial charge >= 0.3 is 0 Å². The SMILES string of the molecule is C=C.CN1C(=O)c2cccc(-n3c4ccccc4c4cc(-c5ccccn5)ccc43)c2C1=O. The van der Waals surface area contributed by atoms with Gasteiger partial charge in [-0.2, -0.15) is 0 Å². The number of imide groups is 1. The average Bonchev–Trinajstić information content (AvgIpc) is 3.33. The third-order valence-electron chi connectivity index (χ3n) is 5.97. The molecule has 0 N–H and O–H groups in total. The second-order valence-electron chi connectivity index (χ2n) is 7.67. The van der Waals surface area contributed by atoms with Crippen LogP contribution in [0.4, 0.5) is 0 Å². The van der Waals surface area contributed by atoms with E-state index in [2.05, 4.69) is 40.9 Å². The first-order valence-corrected chi connectivity index (χ1v) is 10.6. The van der Waals surface area contributed by atoms with Gasteiger partial charge in [0.25, 0.3) is 11.8 Å². The Labute approximate surface area is 191 Å². The molecule has 0 fully saturated rings. The highest BCUT2D eigenvalue weighted by Gasteiger charge is 2.35. The Bertz CT molecular complexity index is 1550. The van der Waals surface area contributed by atoms with Gasteiger partial charge in [0.15, 0.2) is 0 Å². The summed E-state index contributed by atoms with van der Waals surface area (Å²) in [5.41, 5.74) is 5.51. The summed E-state index contributed by atoms with van der Waals surface area (Å²) in [6, 6.07) is 25.7. The van der Waals surface area contributed by atoms with Crippen molar-refractivity contribution < 1.29 is 9.59 Å². The molecule has 5 aromatic rings. The quantitative estimate of drug-likeness (QED) is 0.259. The highest BCUT2D eigenvalue weighted by molar-refractivity contribution is 6.23. The molecule has 1 aliphatic heterocycles. The third-order valence-corrected chi connectivity index (χ3v) is 5.97. The summed E-state index contributed by atoms with van der Waals surface area (Å²) in [5, 5.41) is 2.15. The maximum absolute atomic E-state index is 12.9. The second kappa shape index (κ2) is 7.88. The summed E-state index contributed by atoms with van der Waals surface area (Å²) >= 11 is 0. The van der Waals surface area contributed by atoms with Crippen molar-refractivity contribution in [1.82, 2.24) is 14.5 Å². The molecule has 0 saturated carbocycles. The minimum absolute atomic E-state index is 0.264. The number of nitrogens with zero attached hydrogens (tertiary/aromatic N) is 3. The van der Waals surface area contributed by atoms with Gasteiger partial charge < -0.3 is 4.57 Å². The van der Waals surface area contributed by atoms with Crippen LogP contribution in [0, 0.1) is 0 Å². The summed E-state index contributed by atoms with van der Waals surface area (Å²) in [6.45, 7) is 6.00. The van der Waals surface area contributed by atoms with Gasteiger partial charge in [-0.05, 0) is 42.5 Å². The van der Waals surface area contributed by atoms with Gasteiger partial charge in [-0.25, -0.2) is 0 Å². The smallest absolute Gasteiger partial charge is 0.263 e. The Morgan fingerprint density at radius 3 is 2.30 bits per heavy atom. The van der Waals surface area contributed by atoms with Crippen LogP contribution < -0.4 is 0 Å². The molecule has 3 heterocycles. The maximum Gasteiger partial charge on any atom is 0.263 e. The predicted octanol–water partition coefficient (Wildman–Crippen LogP) is 5.87. The Morgan fingerprint density at radius 1 is 0.758 bits per heavy atom. The van der Waals surface area contributed by atoms with Gasteiger partial charge in [-0.15, -0.1) is 13.2 Å². The molecule has 0 spiro atoms. The van der Waals surface area contributed by atoms with Crippen molar-refractivity contribution in [2.24, 2.45) is 0 Å². The summed E-state index contributed by atoms with van der Waals surface area (Å²) in [6.07, 6.45) is 1.79. The second-order valence-corrected chi connectivity index (χ2v) is 7.67. The van der Waals surface area contributed by atoms with E-state index in [9.17, 15) is 9.59 Å². The van der Waals surface area contributed by atoms with Crippen LogP contribution in [-0.2, 0) is 0 Å². The van der Waals surface area contributed by atoms with Crippen LogP contribution in [0.2, 0.25) is 0 Å². The van der Waals surface area contributed by atoms with Crippen molar-refractivity contribution in [3.05, 3.63) is 109 Å². The molecule has 33 heavy (non-hydrogen) atoms. The van der Waals surface area contributed by atoms with Crippen molar-refractivity contribution in [1.29, 1.82) is 0 Å². The number of carbonyl (C=O) groups excluding carboxylic acids is 2. The molecule has 0 bridgehead atoms. The van der Waals surface area contributed by atoms with Crippen molar-refractivity contribution in [2.75, 3.05) is 7.05 Å². The zero-order valence-corrected chi connectivity index (χ0v) is 18.2. The minimum atomic E-state index is -0.272. The molecule has 2 aromatic heterocycles. The fraction of sp³-hybridized carbons (Fsp3) is 0.0357. The molecule has 6 rings (SSSR count). The minimum Gasteiger partial charge on any atom is -0.308 e. The first-order chi connectivity index (χ1) is 16.1. The van der Waals surface area contributed by atoms with Gasteiger partial charge in [-0.3, -0.25) is 19.5 Å². The van der Waals surface area contributed by atoms with E-state index < -0.39 is 0 Å². The molecule has 0 unspecified atom stereocenters. The fourth-order valence-electron chi connectivity index (χ4n) is 4.50. The van der Waals surface area contributed by atoms with Crippen molar-refractivity contribution >= 4 is 33.6 Å². The first kappa shape index (κ1) is 20.4. The van der Waals surface area contributed by atoms with E-state index in [-0.39, 0.29) is 11.8 Å². The lowest BCUT2D eigenvalue weighted by Crippen LogP contribution is -2.24. The Hall–Kier alpha value is -4.51. The largest absolute Gasteiger partial charge is 0.308 e. The van der Waals surface area contributed by atoms with Crippen molar-refractivity contribution in [3.8, 4) is 16.9 Å². The van der Waals surface area contributed by atoms with Gasteiger partial charge in [0, 0.05) is 29.6 Å². The lowest BCUT2D eigenvalue weighted by atomic mass is 10.1. The number of para-hydroxylation sites is 1. The molecule has 1 aliphatic rings. The van der Waals surface area contributed by atoms with Crippen LogP contribution in [0.1, 0.15) is 20.7 Å². The predicted molar refractivity (Wildman–Crippen MR) is 132 cm³/mol. The van der Waals surface area contributed by atoms with E-state index in [1.54, 1.807) is 12.3 Å². The monoisotopic (exact) mass is 431 g/mol. The van der Waals surface area contributed by atoms with Crippen molar-refractivity contribution in [3.63, 3.8) is 0 Å². The number of amides is 2. The number of hydrogen-bond acceptors (Lipinski definition) is 3. The normalized spacial score (nSPS) is 12.7. The molecule has 0 saturated heterocycles. The summed E-state index contributed by atoms with van der Waals surface area (Å²) in [7, 11) is 1.53. The third kappa shape index (κ3) is 2.97. The fourth-order valence-corrected chi connectivity index (χ4v) is 4.50. The van der Waals surface area contributed by atoms with Crippen molar-refractivity contribution in [2.45, 2.75) is 0 Å². The molecule has 0 atom stereocenters. The molecule has 3 aromatic carbocycles. The van der Waals surface area contributed by atoms with E-state index in [1.807, 2.05) is 54.6 Å². The van der Waals surface area contributed by atoms with E-state index in [0.717, 1.165) is 38.8 Å². The summed E-state index contributed by atoms with van der Waals surface area (Å²) < 4.78 is 2.08. The van der Waals surface area contributed by atoms with Gasteiger partial charge in [0.2, 0.25) is 0 Å². The Kier molecular flexibility index (Phi) is 4.87. The Morgan fingerprint density at radius 2 is 1.52 bits per heavy atom. The molecular weight excluding hydrogens is 410 g/mol. The molecular formula is C28H21N3O2.